The summed E-state index contributed by atoms with van der Waals surface area (Å²) in [5.41, 5.74) is 17.8. The van der Waals surface area contributed by atoms with Gasteiger partial charge >= 0.3 is 0 Å². The predicted octanol–water partition coefficient (Wildman–Crippen LogP) is 4.24. The third kappa shape index (κ3) is 5.02. The number of anilines is 1. The predicted molar refractivity (Wildman–Crippen MR) is 115 cm³/mol. The van der Waals surface area contributed by atoms with Gasteiger partial charge in [-0.2, -0.15) is 10.4 Å². The fourth-order valence-corrected chi connectivity index (χ4v) is 2.83. The summed E-state index contributed by atoms with van der Waals surface area (Å²) >= 11 is 0. The van der Waals surface area contributed by atoms with Gasteiger partial charge < -0.3 is 11.1 Å². The van der Waals surface area contributed by atoms with E-state index in [-0.39, 0.29) is 5.95 Å². The minimum atomic E-state index is 0.0608. The molecule has 8 heteroatoms. The average molecular weight is 398 g/mol. The van der Waals surface area contributed by atoms with Crippen molar-refractivity contribution in [3.63, 3.8) is 0 Å². The highest BCUT2D eigenvalue weighted by Gasteiger charge is 2.10. The minimum absolute atomic E-state index is 0.0608. The molecule has 0 aliphatic heterocycles. The van der Waals surface area contributed by atoms with Crippen molar-refractivity contribution < 1.29 is 0 Å². The molecule has 30 heavy (non-hydrogen) atoms. The van der Waals surface area contributed by atoms with E-state index in [0.717, 1.165) is 17.0 Å². The highest BCUT2D eigenvalue weighted by atomic mass is 15.1. The van der Waals surface area contributed by atoms with Gasteiger partial charge in [-0.25, -0.2) is 15.5 Å². The van der Waals surface area contributed by atoms with E-state index in [1.165, 1.54) is 0 Å². The smallest absolute Gasteiger partial charge is 0.221 e. The second-order valence-electron chi connectivity index (χ2n) is 6.92. The van der Waals surface area contributed by atoms with Crippen LogP contribution in [0.15, 0.2) is 59.8 Å². The molecule has 0 aliphatic rings. The second kappa shape index (κ2) is 9.39. The lowest BCUT2D eigenvalue weighted by Gasteiger charge is -2.08. The van der Waals surface area contributed by atoms with Crippen LogP contribution in [0.4, 0.5) is 5.95 Å². The van der Waals surface area contributed by atoms with Crippen LogP contribution >= 0.6 is 0 Å². The Balaban J connectivity index is 1.84. The number of aromatic nitrogens is 3. The largest absolute Gasteiger partial charge is 0.383 e. The van der Waals surface area contributed by atoms with E-state index in [9.17, 15) is 0 Å². The Morgan fingerprint density at radius 1 is 1.20 bits per heavy atom. The van der Waals surface area contributed by atoms with Crippen molar-refractivity contribution in [2.24, 2.45) is 5.11 Å². The van der Waals surface area contributed by atoms with Gasteiger partial charge in [0.05, 0.1) is 35.3 Å². The number of pyridine rings is 1. The van der Waals surface area contributed by atoms with Gasteiger partial charge in [-0.05, 0) is 36.2 Å². The van der Waals surface area contributed by atoms with E-state index in [0.29, 0.717) is 35.1 Å². The summed E-state index contributed by atoms with van der Waals surface area (Å²) in [6.45, 7) is 4.68. The van der Waals surface area contributed by atoms with Gasteiger partial charge in [-0.3, -0.25) is 4.98 Å². The van der Waals surface area contributed by atoms with E-state index in [1.54, 1.807) is 30.5 Å². The summed E-state index contributed by atoms with van der Waals surface area (Å²) in [4.78, 5) is 13.1. The van der Waals surface area contributed by atoms with E-state index < -0.39 is 0 Å². The van der Waals surface area contributed by atoms with Crippen molar-refractivity contribution >= 4 is 11.6 Å². The Hall–Kier alpha value is -4.12. The van der Waals surface area contributed by atoms with Crippen LogP contribution in [-0.4, -0.2) is 15.0 Å². The molecule has 150 valence electrons. The molecule has 8 nitrogen and oxygen atoms in total. The number of nitrogen functional groups attached to an aromatic ring is 1. The van der Waals surface area contributed by atoms with Gasteiger partial charge in [0, 0.05) is 17.5 Å². The normalized spacial score (nSPS) is 11.2. The van der Waals surface area contributed by atoms with Crippen molar-refractivity contribution in [2.45, 2.75) is 26.3 Å². The molecular weight excluding hydrogens is 376 g/mol. The summed E-state index contributed by atoms with van der Waals surface area (Å²) in [5, 5.41) is 15.8. The molecule has 0 unspecified atom stereocenters. The highest BCUT2D eigenvalue weighted by Crippen LogP contribution is 2.23. The molecule has 0 saturated carbocycles. The number of nitriles is 1. The fourth-order valence-electron chi connectivity index (χ4n) is 2.83. The quantitative estimate of drug-likeness (QED) is 0.509. The fraction of sp³-hybridized carbons (Fsp3) is 0.182. The van der Waals surface area contributed by atoms with Crippen molar-refractivity contribution in [2.75, 3.05) is 5.73 Å². The number of hydrogen-bond donors (Lipinski definition) is 3. The van der Waals surface area contributed by atoms with Crippen molar-refractivity contribution in [1.29, 1.82) is 10.8 Å². The number of nitrogens with one attached hydrogen (secondary N) is 2. The van der Waals surface area contributed by atoms with Crippen LogP contribution in [0.2, 0.25) is 0 Å². The van der Waals surface area contributed by atoms with Gasteiger partial charge in [0.1, 0.15) is 5.70 Å². The van der Waals surface area contributed by atoms with Crippen LogP contribution in [0.3, 0.4) is 0 Å². The van der Waals surface area contributed by atoms with Crippen LogP contribution in [0.25, 0.3) is 17.0 Å². The van der Waals surface area contributed by atoms with E-state index >= 15 is 0 Å². The first-order valence-corrected chi connectivity index (χ1v) is 9.42. The molecule has 4 N–H and O–H groups in total. The molecule has 0 bridgehead atoms. The number of benzene rings is 1. The molecule has 0 fully saturated rings. The molecule has 3 rings (SSSR count). The van der Waals surface area contributed by atoms with Crippen molar-refractivity contribution in [1.82, 2.24) is 20.3 Å². The maximum absolute atomic E-state index is 9.11. The third-order valence-corrected chi connectivity index (χ3v) is 4.36. The molecule has 2 aromatic heterocycles. The Bertz CT molecular complexity index is 1130. The lowest BCUT2D eigenvalue weighted by Crippen LogP contribution is -2.09. The number of nitrogens with zero attached hydrogens (tertiary/aromatic N) is 5. The minimum Gasteiger partial charge on any atom is -0.383 e. The number of hydrogen-bond acceptors (Lipinski definition) is 8. The van der Waals surface area contributed by atoms with Crippen LogP contribution in [0, 0.1) is 16.9 Å². The summed E-state index contributed by atoms with van der Waals surface area (Å²) in [7, 11) is 0. The summed E-state index contributed by atoms with van der Waals surface area (Å²) < 4.78 is 0. The third-order valence-electron chi connectivity index (χ3n) is 4.36. The standard InChI is InChI=1S/C22H22N8/c1-14(2)18-8-4-7-17(27-18)12-26-13-21(30-25)20-10-19(28-22(24)29-20)16-6-3-5-15(9-16)11-23/h3-10,13-14,25-26H,12H2,1-2H3,(H2,24,28,29)/b21-13-,30-25?. The first-order chi connectivity index (χ1) is 14.5. The van der Waals surface area contributed by atoms with Gasteiger partial charge in [-0.15, -0.1) is 0 Å². The lowest BCUT2D eigenvalue weighted by atomic mass is 10.1. The molecule has 1 aromatic carbocycles. The second-order valence-corrected chi connectivity index (χ2v) is 6.92. The van der Waals surface area contributed by atoms with Crippen LogP contribution in [-0.2, 0) is 6.54 Å². The molecule has 3 aromatic rings. The molecule has 0 amide bonds. The molecular formula is C22H22N8. The van der Waals surface area contributed by atoms with E-state index in [1.807, 2.05) is 24.3 Å². The maximum atomic E-state index is 9.11. The molecule has 2 heterocycles. The Kier molecular flexibility index (Phi) is 6.45. The molecule has 0 atom stereocenters. The zero-order valence-corrected chi connectivity index (χ0v) is 16.8. The first kappa shape index (κ1) is 20.6. The van der Waals surface area contributed by atoms with Gasteiger partial charge in [0.2, 0.25) is 5.95 Å². The van der Waals surface area contributed by atoms with Gasteiger partial charge in [0.15, 0.2) is 0 Å². The SMILES string of the molecule is CC(C)c1cccc(CN/C=C(\N=N)c2cc(-c3cccc(C#N)c3)nc(N)n2)n1. The lowest BCUT2D eigenvalue weighted by molar-refractivity contribution is 0.776. The van der Waals surface area contributed by atoms with E-state index in [2.05, 4.69) is 45.3 Å². The zero-order valence-electron chi connectivity index (χ0n) is 16.8. The van der Waals surface area contributed by atoms with E-state index in [4.69, 9.17) is 16.5 Å². The Morgan fingerprint density at radius 3 is 2.73 bits per heavy atom. The Morgan fingerprint density at radius 2 is 2.00 bits per heavy atom. The molecule has 0 aliphatic carbocycles. The van der Waals surface area contributed by atoms with Crippen molar-refractivity contribution in [3.05, 3.63) is 77.4 Å². The summed E-state index contributed by atoms with van der Waals surface area (Å²) in [6, 6.07) is 16.8. The van der Waals surface area contributed by atoms with Crippen LogP contribution in [0.5, 0.6) is 0 Å². The van der Waals surface area contributed by atoms with Crippen LogP contribution < -0.4 is 11.1 Å². The Labute approximate surface area is 175 Å². The van der Waals surface area contributed by atoms with Gasteiger partial charge in [-0.1, -0.05) is 32.0 Å². The maximum Gasteiger partial charge on any atom is 0.221 e. The molecule has 0 radical (unpaired) electrons. The highest BCUT2D eigenvalue weighted by molar-refractivity contribution is 5.69. The summed E-state index contributed by atoms with van der Waals surface area (Å²) in [5.74, 6) is 0.409. The topological polar surface area (TPSA) is 137 Å². The molecule has 0 saturated heterocycles. The number of nitrogens with two attached hydrogens (primary N) is 1. The van der Waals surface area contributed by atoms with Crippen LogP contribution in [0.1, 0.15) is 42.4 Å². The average Bonchev–Trinajstić information content (AvgIpc) is 2.76. The van der Waals surface area contributed by atoms with Gasteiger partial charge in [0.25, 0.3) is 0 Å². The summed E-state index contributed by atoms with van der Waals surface area (Å²) in [6.07, 6.45) is 1.61. The first-order valence-electron chi connectivity index (χ1n) is 9.42. The zero-order chi connectivity index (χ0) is 21.5. The monoisotopic (exact) mass is 398 g/mol. The number of rotatable bonds is 7. The molecule has 0 spiro atoms. The van der Waals surface area contributed by atoms with Crippen molar-refractivity contribution in [3.8, 4) is 17.3 Å².